The second-order valence-corrected chi connectivity index (χ2v) is 5.38. The molecule has 130 valence electrons. The third-order valence-electron chi connectivity index (χ3n) is 3.18. The Balaban J connectivity index is 2.16. The Bertz CT molecular complexity index is 755. The molecule has 1 heterocycles. The smallest absolute Gasteiger partial charge is 0.398 e. The molecule has 0 saturated heterocycles. The Morgan fingerprint density at radius 1 is 1.42 bits per heavy atom. The first-order valence-corrected chi connectivity index (χ1v) is 6.67. The van der Waals surface area contributed by atoms with Crippen LogP contribution in [0.2, 0.25) is 0 Å². The molecule has 6 nitrogen and oxygen atoms in total. The number of nitrogen functional groups attached to an aromatic ring is 1. The Kier molecular flexibility index (Phi) is 4.52. The van der Waals surface area contributed by atoms with E-state index in [4.69, 9.17) is 5.73 Å². The number of carbonyl (C=O) groups excluding carboxylic acids is 1. The van der Waals surface area contributed by atoms with Crippen LogP contribution < -0.4 is 11.1 Å². The number of anilines is 2. The van der Waals surface area contributed by atoms with Crippen LogP contribution >= 0.6 is 0 Å². The largest absolute Gasteiger partial charge is 0.418 e. The van der Waals surface area contributed by atoms with Gasteiger partial charge in [-0.25, -0.2) is 4.39 Å². The first-order valence-electron chi connectivity index (χ1n) is 6.67. The molecule has 1 aromatic carbocycles. The van der Waals surface area contributed by atoms with Gasteiger partial charge in [-0.05, 0) is 25.1 Å². The van der Waals surface area contributed by atoms with Crippen LogP contribution in [0.1, 0.15) is 12.5 Å². The standard InChI is InChI=1S/C14H14F4N4O2/c1-13(24,7-22-6-8(15)5-20-22)12(23)21-9-2-3-11(19)10(4-9)14(16,17)18/h2-6,24H,7,19H2,1H3,(H,21,23)/t13-/m0/s1. The first kappa shape index (κ1) is 17.7. The molecule has 0 unspecified atom stereocenters. The lowest BCUT2D eigenvalue weighted by atomic mass is 10.1. The van der Waals surface area contributed by atoms with Crippen LogP contribution in [-0.2, 0) is 17.5 Å². The monoisotopic (exact) mass is 346 g/mol. The molecule has 1 amide bonds. The number of nitrogens with two attached hydrogens (primary N) is 1. The Morgan fingerprint density at radius 3 is 2.62 bits per heavy atom. The molecule has 4 N–H and O–H groups in total. The molecular weight excluding hydrogens is 332 g/mol. The van der Waals surface area contributed by atoms with Gasteiger partial charge in [0, 0.05) is 11.4 Å². The molecule has 1 atom stereocenters. The number of nitrogens with one attached hydrogen (secondary N) is 1. The van der Waals surface area contributed by atoms with E-state index in [2.05, 4.69) is 10.4 Å². The Labute approximate surface area is 133 Å². The van der Waals surface area contributed by atoms with Gasteiger partial charge in [-0.2, -0.15) is 18.3 Å². The third-order valence-corrected chi connectivity index (χ3v) is 3.18. The summed E-state index contributed by atoms with van der Waals surface area (Å²) in [6.45, 7) is 0.744. The number of nitrogens with zero attached hydrogens (tertiary/aromatic N) is 2. The van der Waals surface area contributed by atoms with Gasteiger partial charge in [0.2, 0.25) is 0 Å². The topological polar surface area (TPSA) is 93.2 Å². The second kappa shape index (κ2) is 6.11. The summed E-state index contributed by atoms with van der Waals surface area (Å²) in [5.74, 6) is -1.63. The summed E-state index contributed by atoms with van der Waals surface area (Å²) in [6.07, 6.45) is -2.82. The number of hydrogen-bond acceptors (Lipinski definition) is 4. The number of rotatable bonds is 4. The van der Waals surface area contributed by atoms with Gasteiger partial charge in [-0.1, -0.05) is 0 Å². The van der Waals surface area contributed by atoms with Crippen molar-refractivity contribution in [3.05, 3.63) is 42.0 Å². The van der Waals surface area contributed by atoms with Crippen molar-refractivity contribution in [2.75, 3.05) is 11.1 Å². The van der Waals surface area contributed by atoms with Crippen LogP contribution in [0.3, 0.4) is 0 Å². The van der Waals surface area contributed by atoms with E-state index in [1.807, 2.05) is 0 Å². The minimum Gasteiger partial charge on any atom is -0.398 e. The molecule has 24 heavy (non-hydrogen) atoms. The van der Waals surface area contributed by atoms with Gasteiger partial charge in [-0.3, -0.25) is 9.48 Å². The first-order chi connectivity index (χ1) is 11.0. The lowest BCUT2D eigenvalue weighted by Crippen LogP contribution is -2.43. The van der Waals surface area contributed by atoms with Crippen LogP contribution in [0.5, 0.6) is 0 Å². The maximum absolute atomic E-state index is 12.9. The molecule has 2 rings (SSSR count). The van der Waals surface area contributed by atoms with Crippen molar-refractivity contribution in [3.63, 3.8) is 0 Å². The number of halogens is 4. The molecule has 0 aliphatic rings. The van der Waals surface area contributed by atoms with Crippen molar-refractivity contribution in [1.82, 2.24) is 9.78 Å². The molecule has 10 heteroatoms. The van der Waals surface area contributed by atoms with E-state index in [9.17, 15) is 27.5 Å². The lowest BCUT2D eigenvalue weighted by Gasteiger charge is -2.22. The summed E-state index contributed by atoms with van der Waals surface area (Å²) in [5, 5.41) is 15.9. The quantitative estimate of drug-likeness (QED) is 0.583. The van der Waals surface area contributed by atoms with Crippen molar-refractivity contribution in [2.24, 2.45) is 0 Å². The normalized spacial score (nSPS) is 14.2. The maximum atomic E-state index is 12.9. The SMILES string of the molecule is C[C@](O)(Cn1cc(F)cn1)C(=O)Nc1ccc(N)c(C(F)(F)F)c1. The fraction of sp³-hybridized carbons (Fsp3) is 0.286. The predicted octanol–water partition coefficient (Wildman–Crippen LogP) is 2.01. The molecule has 0 aliphatic carbocycles. The lowest BCUT2D eigenvalue weighted by molar-refractivity contribution is -0.137. The molecule has 0 spiro atoms. The number of hydrogen-bond donors (Lipinski definition) is 3. The summed E-state index contributed by atoms with van der Waals surface area (Å²) in [6, 6.07) is 2.83. The molecule has 0 aliphatic heterocycles. The zero-order chi connectivity index (χ0) is 18.1. The summed E-state index contributed by atoms with van der Waals surface area (Å²) in [4.78, 5) is 12.1. The average molecular weight is 346 g/mol. The molecule has 0 radical (unpaired) electrons. The molecule has 0 bridgehead atoms. The fourth-order valence-electron chi connectivity index (χ4n) is 1.96. The van der Waals surface area contributed by atoms with Crippen molar-refractivity contribution >= 4 is 17.3 Å². The van der Waals surface area contributed by atoms with E-state index in [-0.39, 0.29) is 12.2 Å². The second-order valence-electron chi connectivity index (χ2n) is 5.38. The minimum absolute atomic E-state index is 0.187. The fourth-order valence-corrected chi connectivity index (χ4v) is 1.96. The van der Waals surface area contributed by atoms with Crippen LogP contribution in [0.4, 0.5) is 28.9 Å². The molecule has 0 fully saturated rings. The Hall–Kier alpha value is -2.62. The number of benzene rings is 1. The van der Waals surface area contributed by atoms with Crippen LogP contribution in [-0.4, -0.2) is 26.4 Å². The van der Waals surface area contributed by atoms with Gasteiger partial charge in [0.15, 0.2) is 11.4 Å². The van der Waals surface area contributed by atoms with Crippen molar-refractivity contribution in [1.29, 1.82) is 0 Å². The third kappa shape index (κ3) is 4.02. The highest BCUT2D eigenvalue weighted by atomic mass is 19.4. The predicted molar refractivity (Wildman–Crippen MR) is 77.3 cm³/mol. The number of aromatic nitrogens is 2. The van der Waals surface area contributed by atoms with Gasteiger partial charge in [-0.15, -0.1) is 0 Å². The van der Waals surface area contributed by atoms with Crippen molar-refractivity contribution in [3.8, 4) is 0 Å². The number of aliphatic hydroxyl groups is 1. The zero-order valence-corrected chi connectivity index (χ0v) is 12.4. The molecular formula is C14H14F4N4O2. The van der Waals surface area contributed by atoms with Crippen molar-refractivity contribution < 1.29 is 27.5 Å². The maximum Gasteiger partial charge on any atom is 0.418 e. The highest BCUT2D eigenvalue weighted by molar-refractivity contribution is 5.97. The van der Waals surface area contributed by atoms with Crippen LogP contribution in [0.15, 0.2) is 30.6 Å². The summed E-state index contributed by atoms with van der Waals surface area (Å²) < 4.78 is 52.3. The Morgan fingerprint density at radius 2 is 2.08 bits per heavy atom. The van der Waals surface area contributed by atoms with Crippen LogP contribution in [0.25, 0.3) is 0 Å². The van der Waals surface area contributed by atoms with Gasteiger partial charge in [0.05, 0.1) is 24.5 Å². The van der Waals surface area contributed by atoms with E-state index in [1.54, 1.807) is 0 Å². The van der Waals surface area contributed by atoms with Gasteiger partial charge < -0.3 is 16.2 Å². The van der Waals surface area contributed by atoms with Crippen LogP contribution in [0, 0.1) is 5.82 Å². The van der Waals surface area contributed by atoms with E-state index in [0.29, 0.717) is 6.07 Å². The zero-order valence-electron chi connectivity index (χ0n) is 12.4. The molecule has 0 saturated carbocycles. The summed E-state index contributed by atoms with van der Waals surface area (Å²) in [5.41, 5.74) is 1.46. The highest BCUT2D eigenvalue weighted by Gasteiger charge is 2.35. The van der Waals surface area contributed by atoms with Gasteiger partial charge in [0.25, 0.3) is 5.91 Å². The molecule has 2 aromatic rings. The van der Waals surface area contributed by atoms with Crippen molar-refractivity contribution in [2.45, 2.75) is 25.2 Å². The molecule has 1 aromatic heterocycles. The number of amides is 1. The summed E-state index contributed by atoms with van der Waals surface area (Å²) >= 11 is 0. The van der Waals surface area contributed by atoms with E-state index >= 15 is 0 Å². The van der Waals surface area contributed by atoms with Gasteiger partial charge >= 0.3 is 6.18 Å². The van der Waals surface area contributed by atoms with E-state index < -0.39 is 34.8 Å². The summed E-state index contributed by atoms with van der Waals surface area (Å²) in [7, 11) is 0. The minimum atomic E-state index is -4.68. The number of alkyl halides is 3. The number of carbonyl (C=O) groups is 1. The highest BCUT2D eigenvalue weighted by Crippen LogP contribution is 2.35. The van der Waals surface area contributed by atoms with E-state index in [1.165, 1.54) is 6.07 Å². The average Bonchev–Trinajstić information content (AvgIpc) is 2.84. The van der Waals surface area contributed by atoms with Gasteiger partial charge in [0.1, 0.15) is 0 Å². The van der Waals surface area contributed by atoms with E-state index in [0.717, 1.165) is 30.1 Å².